The van der Waals surface area contributed by atoms with Crippen molar-refractivity contribution < 1.29 is 9.59 Å². The van der Waals surface area contributed by atoms with Gasteiger partial charge in [0.05, 0.1) is 12.5 Å². The highest BCUT2D eigenvalue weighted by Crippen LogP contribution is 2.28. The van der Waals surface area contributed by atoms with Crippen molar-refractivity contribution in [2.45, 2.75) is 57.2 Å². The van der Waals surface area contributed by atoms with Crippen LogP contribution in [-0.2, 0) is 11.2 Å². The lowest BCUT2D eigenvalue weighted by Crippen LogP contribution is -2.50. The quantitative estimate of drug-likeness (QED) is 0.788. The molecule has 0 aliphatic carbocycles. The standard InChI is InChI=1S/C19H26N4O2/c1-12(13-5-6-15-14(10-13)11-18(24)21-15)20-19(25)22-16-7-9-23-8-3-2-4-17(16)23/h5-6,10,12,16-17H,2-4,7-9,11H2,1H3,(H,21,24)(H2,20,22,25). The SMILES string of the molecule is CC(NC(=O)NC1CCN2CCCCC12)c1ccc2c(c1)CC(=O)N2. The van der Waals surface area contributed by atoms with Crippen LogP contribution in [0.5, 0.6) is 0 Å². The van der Waals surface area contributed by atoms with Crippen molar-refractivity contribution in [1.29, 1.82) is 0 Å². The molecule has 3 amide bonds. The van der Waals surface area contributed by atoms with E-state index < -0.39 is 0 Å². The molecule has 3 atom stereocenters. The molecular formula is C19H26N4O2. The van der Waals surface area contributed by atoms with E-state index >= 15 is 0 Å². The summed E-state index contributed by atoms with van der Waals surface area (Å²) in [5.74, 6) is 0.0313. The molecule has 25 heavy (non-hydrogen) atoms. The van der Waals surface area contributed by atoms with Crippen LogP contribution in [-0.4, -0.2) is 42.0 Å². The van der Waals surface area contributed by atoms with Crippen LogP contribution >= 0.6 is 0 Å². The molecule has 134 valence electrons. The van der Waals surface area contributed by atoms with E-state index in [1.165, 1.54) is 25.8 Å². The molecule has 6 nitrogen and oxygen atoms in total. The van der Waals surface area contributed by atoms with Gasteiger partial charge in [0, 0.05) is 24.3 Å². The number of anilines is 1. The smallest absolute Gasteiger partial charge is 0.315 e. The van der Waals surface area contributed by atoms with Gasteiger partial charge in [-0.3, -0.25) is 9.69 Å². The van der Waals surface area contributed by atoms with Crippen molar-refractivity contribution in [2.24, 2.45) is 0 Å². The van der Waals surface area contributed by atoms with Gasteiger partial charge < -0.3 is 16.0 Å². The van der Waals surface area contributed by atoms with Gasteiger partial charge in [0.1, 0.15) is 0 Å². The third kappa shape index (κ3) is 3.35. The molecule has 0 aromatic heterocycles. The van der Waals surface area contributed by atoms with Gasteiger partial charge in [0.15, 0.2) is 0 Å². The second-order valence-electron chi connectivity index (χ2n) is 7.48. The lowest BCUT2D eigenvalue weighted by molar-refractivity contribution is -0.115. The molecule has 3 aliphatic heterocycles. The molecule has 1 aromatic rings. The Morgan fingerprint density at radius 3 is 3.04 bits per heavy atom. The van der Waals surface area contributed by atoms with Gasteiger partial charge in [-0.15, -0.1) is 0 Å². The Hall–Kier alpha value is -2.08. The Kier molecular flexibility index (Phi) is 4.37. The van der Waals surface area contributed by atoms with Crippen LogP contribution in [0.15, 0.2) is 18.2 Å². The molecule has 0 radical (unpaired) electrons. The Labute approximate surface area is 148 Å². The van der Waals surface area contributed by atoms with Crippen LogP contribution in [0, 0.1) is 0 Å². The number of fused-ring (bicyclic) bond motifs is 2. The number of urea groups is 1. The van der Waals surface area contributed by atoms with Gasteiger partial charge in [-0.25, -0.2) is 4.79 Å². The van der Waals surface area contributed by atoms with E-state index in [-0.39, 0.29) is 24.0 Å². The molecule has 0 spiro atoms. The first kappa shape index (κ1) is 16.4. The summed E-state index contributed by atoms with van der Waals surface area (Å²) in [6.07, 6.45) is 5.19. The summed E-state index contributed by atoms with van der Waals surface area (Å²) < 4.78 is 0. The first-order chi connectivity index (χ1) is 12.1. The van der Waals surface area contributed by atoms with Crippen LogP contribution < -0.4 is 16.0 Å². The zero-order valence-electron chi connectivity index (χ0n) is 14.7. The fourth-order valence-corrected chi connectivity index (χ4v) is 4.42. The summed E-state index contributed by atoms with van der Waals surface area (Å²) in [5.41, 5.74) is 2.91. The van der Waals surface area contributed by atoms with E-state index in [4.69, 9.17) is 0 Å². The topological polar surface area (TPSA) is 73.5 Å². The highest BCUT2D eigenvalue weighted by molar-refractivity contribution is 5.99. The van der Waals surface area contributed by atoms with Crippen molar-refractivity contribution in [3.8, 4) is 0 Å². The average molecular weight is 342 g/mol. The summed E-state index contributed by atoms with van der Waals surface area (Å²) in [4.78, 5) is 26.4. The molecule has 0 saturated carbocycles. The third-order valence-corrected chi connectivity index (χ3v) is 5.77. The molecular weight excluding hydrogens is 316 g/mol. The minimum absolute atomic E-state index is 0.0313. The molecule has 0 bridgehead atoms. The number of hydrogen-bond donors (Lipinski definition) is 3. The third-order valence-electron chi connectivity index (χ3n) is 5.77. The molecule has 1 aromatic carbocycles. The molecule has 4 rings (SSSR count). The maximum absolute atomic E-state index is 12.4. The predicted molar refractivity (Wildman–Crippen MR) is 96.5 cm³/mol. The van der Waals surface area contributed by atoms with Crippen molar-refractivity contribution >= 4 is 17.6 Å². The molecule has 3 heterocycles. The molecule has 3 unspecified atom stereocenters. The number of amides is 3. The minimum atomic E-state index is -0.0976. The number of nitrogens with one attached hydrogen (secondary N) is 3. The molecule has 2 fully saturated rings. The summed E-state index contributed by atoms with van der Waals surface area (Å²) in [5, 5.41) is 9.06. The van der Waals surface area contributed by atoms with Crippen molar-refractivity contribution in [2.75, 3.05) is 18.4 Å². The van der Waals surface area contributed by atoms with E-state index in [9.17, 15) is 9.59 Å². The van der Waals surface area contributed by atoms with Crippen LogP contribution in [0.1, 0.15) is 49.8 Å². The summed E-state index contributed by atoms with van der Waals surface area (Å²) in [6.45, 7) is 4.24. The van der Waals surface area contributed by atoms with Crippen molar-refractivity contribution in [3.63, 3.8) is 0 Å². The van der Waals surface area contributed by atoms with E-state index in [0.29, 0.717) is 12.5 Å². The zero-order chi connectivity index (χ0) is 17.4. The molecule has 2 saturated heterocycles. The van der Waals surface area contributed by atoms with Gasteiger partial charge >= 0.3 is 6.03 Å². The first-order valence-electron chi connectivity index (χ1n) is 9.34. The fourth-order valence-electron chi connectivity index (χ4n) is 4.42. The Balaban J connectivity index is 1.35. The van der Waals surface area contributed by atoms with Gasteiger partial charge in [-0.2, -0.15) is 0 Å². The Morgan fingerprint density at radius 1 is 1.28 bits per heavy atom. The van der Waals surface area contributed by atoms with Crippen LogP contribution in [0.25, 0.3) is 0 Å². The molecule has 3 N–H and O–H groups in total. The Bertz CT molecular complexity index is 690. The van der Waals surface area contributed by atoms with Gasteiger partial charge in [0.2, 0.25) is 5.91 Å². The normalized spacial score (nSPS) is 26.5. The first-order valence-corrected chi connectivity index (χ1v) is 9.34. The van der Waals surface area contributed by atoms with E-state index in [1.54, 1.807) is 0 Å². The molecule has 3 aliphatic rings. The van der Waals surface area contributed by atoms with Crippen molar-refractivity contribution in [3.05, 3.63) is 29.3 Å². The zero-order valence-corrected chi connectivity index (χ0v) is 14.7. The summed E-state index contributed by atoms with van der Waals surface area (Å²) in [7, 11) is 0. The second-order valence-corrected chi connectivity index (χ2v) is 7.48. The maximum atomic E-state index is 12.4. The maximum Gasteiger partial charge on any atom is 0.315 e. The fraction of sp³-hybridized carbons (Fsp3) is 0.579. The number of carbonyl (C=O) groups excluding carboxylic acids is 2. The summed E-state index contributed by atoms with van der Waals surface area (Å²) >= 11 is 0. The number of carbonyl (C=O) groups is 2. The number of rotatable bonds is 3. The molecule has 6 heteroatoms. The second kappa shape index (κ2) is 6.67. The number of piperidine rings is 1. The largest absolute Gasteiger partial charge is 0.334 e. The lowest BCUT2D eigenvalue weighted by Gasteiger charge is -2.32. The van der Waals surface area contributed by atoms with E-state index in [1.807, 2.05) is 25.1 Å². The number of nitrogens with zero attached hydrogens (tertiary/aromatic N) is 1. The van der Waals surface area contributed by atoms with Crippen molar-refractivity contribution in [1.82, 2.24) is 15.5 Å². The van der Waals surface area contributed by atoms with Gasteiger partial charge in [-0.1, -0.05) is 18.6 Å². The lowest BCUT2D eigenvalue weighted by atomic mass is 9.99. The van der Waals surface area contributed by atoms with Crippen LogP contribution in [0.2, 0.25) is 0 Å². The van der Waals surface area contributed by atoms with E-state index in [2.05, 4.69) is 20.9 Å². The number of hydrogen-bond acceptors (Lipinski definition) is 3. The number of benzene rings is 1. The highest BCUT2D eigenvalue weighted by Gasteiger charge is 2.36. The summed E-state index contributed by atoms with van der Waals surface area (Å²) in [6, 6.07) is 6.47. The average Bonchev–Trinajstić information content (AvgIpc) is 3.16. The van der Waals surface area contributed by atoms with Gasteiger partial charge in [-0.05, 0) is 49.9 Å². The van der Waals surface area contributed by atoms with Crippen LogP contribution in [0.4, 0.5) is 10.5 Å². The monoisotopic (exact) mass is 342 g/mol. The minimum Gasteiger partial charge on any atom is -0.334 e. The van der Waals surface area contributed by atoms with Gasteiger partial charge in [0.25, 0.3) is 0 Å². The highest BCUT2D eigenvalue weighted by atomic mass is 16.2. The Morgan fingerprint density at radius 2 is 2.16 bits per heavy atom. The predicted octanol–water partition coefficient (Wildman–Crippen LogP) is 2.17. The van der Waals surface area contributed by atoms with Crippen LogP contribution in [0.3, 0.4) is 0 Å². The van der Waals surface area contributed by atoms with E-state index in [0.717, 1.165) is 29.8 Å².